The summed E-state index contributed by atoms with van der Waals surface area (Å²) in [5.74, 6) is -6.14. The summed E-state index contributed by atoms with van der Waals surface area (Å²) in [6.45, 7) is 2.10. The largest absolute Gasteiger partial charge is 0.477 e. The van der Waals surface area contributed by atoms with E-state index in [4.69, 9.17) is 28.4 Å². The molecular weight excluding hydrogens is 1070 g/mol. The van der Waals surface area contributed by atoms with Crippen LogP contribution >= 0.6 is 0 Å². The van der Waals surface area contributed by atoms with Crippen LogP contribution in [0.3, 0.4) is 0 Å². The van der Waals surface area contributed by atoms with E-state index in [0.717, 1.165) is 51.9 Å². The molecule has 3 aliphatic rings. The maximum absolute atomic E-state index is 13.4. The second kappa shape index (κ2) is 41.5. The number of aliphatic hydroxyl groups is 11. The van der Waals surface area contributed by atoms with E-state index >= 15 is 0 Å². The first kappa shape index (κ1) is 73.7. The number of rotatable bonds is 45. The molecule has 3 fully saturated rings. The van der Waals surface area contributed by atoms with E-state index in [1.54, 1.807) is 6.08 Å². The van der Waals surface area contributed by atoms with Crippen LogP contribution in [0.15, 0.2) is 12.2 Å². The summed E-state index contributed by atoms with van der Waals surface area (Å²) in [4.78, 5) is 38.4. The van der Waals surface area contributed by atoms with Crippen LogP contribution in [-0.2, 0) is 42.8 Å². The van der Waals surface area contributed by atoms with Crippen LogP contribution in [0.25, 0.3) is 0 Å². The highest BCUT2D eigenvalue weighted by Gasteiger charge is 2.60. The summed E-state index contributed by atoms with van der Waals surface area (Å²) in [5, 5.41) is 135. The third-order valence-corrected chi connectivity index (χ3v) is 16.0. The smallest absolute Gasteiger partial charge is 0.364 e. The van der Waals surface area contributed by atoms with Crippen molar-refractivity contribution in [1.82, 2.24) is 10.6 Å². The first-order chi connectivity index (χ1) is 39.4. The predicted molar refractivity (Wildman–Crippen MR) is 301 cm³/mol. The summed E-state index contributed by atoms with van der Waals surface area (Å²) >= 11 is 0. The van der Waals surface area contributed by atoms with Crippen molar-refractivity contribution in [1.29, 1.82) is 0 Å². The Balaban J connectivity index is 1.67. The number of aliphatic carboxylic acids is 1. The lowest BCUT2D eigenvalue weighted by Gasteiger charge is -2.50. The number of carbonyl (C=O) groups excluding carboxylic acids is 2. The Hall–Kier alpha value is -2.53. The number of ether oxygens (including phenoxy) is 6. The van der Waals surface area contributed by atoms with Gasteiger partial charge < -0.3 is 100 Å². The summed E-state index contributed by atoms with van der Waals surface area (Å²) in [7, 11) is 0. The zero-order chi connectivity index (χ0) is 60.5. The van der Waals surface area contributed by atoms with Gasteiger partial charge in [0.25, 0.3) is 5.79 Å². The molecule has 3 aliphatic heterocycles. The fourth-order valence-corrected chi connectivity index (χ4v) is 10.9. The molecule has 0 aromatic heterocycles. The Kier molecular flexibility index (Phi) is 37.4. The summed E-state index contributed by atoms with van der Waals surface area (Å²) in [6, 6.07) is -2.61. The van der Waals surface area contributed by atoms with E-state index in [2.05, 4.69) is 24.5 Å². The van der Waals surface area contributed by atoms with Crippen LogP contribution in [0.2, 0.25) is 0 Å². The Bertz CT molecular complexity index is 1740. The van der Waals surface area contributed by atoms with Crippen LogP contribution in [0.5, 0.6) is 0 Å². The number of unbranched alkanes of at least 4 members (excludes halogenated alkanes) is 25. The van der Waals surface area contributed by atoms with Crippen molar-refractivity contribution in [3.05, 3.63) is 12.2 Å². The molecule has 0 aromatic rings. The van der Waals surface area contributed by atoms with E-state index in [-0.39, 0.29) is 12.3 Å². The van der Waals surface area contributed by atoms with Gasteiger partial charge in [-0.3, -0.25) is 9.59 Å². The molecule has 2 amide bonds. The summed E-state index contributed by atoms with van der Waals surface area (Å²) < 4.78 is 34.7. The van der Waals surface area contributed by atoms with Crippen molar-refractivity contribution in [2.45, 2.75) is 317 Å². The van der Waals surface area contributed by atoms with Crippen molar-refractivity contribution in [2.24, 2.45) is 0 Å². The second-order valence-corrected chi connectivity index (χ2v) is 22.9. The van der Waals surface area contributed by atoms with E-state index in [9.17, 15) is 75.7 Å². The number of carboxylic acids is 1. The highest BCUT2D eigenvalue weighted by molar-refractivity contribution is 5.77. The quantitative estimate of drug-likeness (QED) is 0.0307. The van der Waals surface area contributed by atoms with Crippen molar-refractivity contribution >= 4 is 17.8 Å². The molecule has 480 valence electrons. The molecule has 3 heterocycles. The van der Waals surface area contributed by atoms with Gasteiger partial charge in [0.2, 0.25) is 11.8 Å². The van der Waals surface area contributed by atoms with Crippen LogP contribution < -0.4 is 10.6 Å². The highest BCUT2D eigenvalue weighted by atomic mass is 16.8. The number of hydrogen-bond donors (Lipinski definition) is 14. The lowest BCUT2D eigenvalue weighted by Crippen LogP contribution is -2.70. The van der Waals surface area contributed by atoms with Gasteiger partial charge in [-0.05, 0) is 19.3 Å². The monoisotopic (exact) mass is 1180 g/mol. The minimum Gasteiger partial charge on any atom is -0.477 e. The minimum absolute atomic E-state index is 0.204. The molecule has 0 spiro atoms. The van der Waals surface area contributed by atoms with Crippen LogP contribution in [0.4, 0.5) is 0 Å². The van der Waals surface area contributed by atoms with Crippen LogP contribution in [0.1, 0.15) is 207 Å². The third kappa shape index (κ3) is 25.4. The molecule has 3 saturated heterocycles. The van der Waals surface area contributed by atoms with Gasteiger partial charge in [0.15, 0.2) is 12.6 Å². The molecule has 23 nitrogen and oxygen atoms in total. The minimum atomic E-state index is -3.08. The number of allylic oxidation sites excluding steroid dienone is 1. The van der Waals surface area contributed by atoms with E-state index in [1.807, 2.05) is 6.08 Å². The Labute approximate surface area is 486 Å². The number of aliphatic hydroxyl groups excluding tert-OH is 11. The average Bonchev–Trinajstić information content (AvgIpc) is 3.65. The van der Waals surface area contributed by atoms with Crippen molar-refractivity contribution in [2.75, 3.05) is 26.4 Å². The predicted octanol–water partition coefficient (Wildman–Crippen LogP) is 3.17. The molecule has 0 aromatic carbocycles. The van der Waals surface area contributed by atoms with Crippen molar-refractivity contribution in [3.8, 4) is 0 Å². The van der Waals surface area contributed by atoms with Crippen LogP contribution in [0, 0.1) is 0 Å². The molecule has 18 atom stereocenters. The van der Waals surface area contributed by atoms with Gasteiger partial charge in [-0.15, -0.1) is 0 Å². The number of hydrogen-bond acceptors (Lipinski definition) is 20. The van der Waals surface area contributed by atoms with Gasteiger partial charge in [0.1, 0.15) is 67.1 Å². The molecule has 6 unspecified atom stereocenters. The lowest BCUT2D eigenvalue weighted by molar-refractivity contribution is -0.386. The Morgan fingerprint density at radius 1 is 0.634 bits per heavy atom. The molecule has 0 saturated carbocycles. The van der Waals surface area contributed by atoms with Gasteiger partial charge in [-0.1, -0.05) is 180 Å². The van der Waals surface area contributed by atoms with Gasteiger partial charge in [-0.2, -0.15) is 0 Å². The molecule has 3 rings (SSSR count). The van der Waals surface area contributed by atoms with Crippen molar-refractivity contribution < 1.29 is 104 Å². The van der Waals surface area contributed by atoms with E-state index in [1.165, 1.54) is 116 Å². The van der Waals surface area contributed by atoms with E-state index in [0.29, 0.717) is 12.8 Å². The van der Waals surface area contributed by atoms with Crippen molar-refractivity contribution in [3.63, 3.8) is 0 Å². The molecule has 82 heavy (non-hydrogen) atoms. The standard InChI is InChI=1S/C59H108N2O21/c1-4-6-8-10-12-14-16-18-19-21-23-25-27-29-31-33-46(69)61-40(41(66)32-30-28-26-24-22-20-17-15-13-11-9-7-5-2)38-77-56-51(73)50(72)53(45(37-64)79-56)80-57-52(74)55(49(71)44(36-63)78-57)82-59(58(75)76)34-42(67)47(60-39(3)65)54(81-59)48(70)43(68)35-62/h30,32,40-45,47-57,62-64,66-68,70-74H,4-29,31,33-38H2,1-3H3,(H,60,65)(H,61,69)(H,75,76)/b32-30+/t40-,41+,42+,43+,44?,45?,47+,48-,49+,50?,51?,52?,53+,54?,55-,56+,57-,59-/m0/s1. The molecule has 0 bridgehead atoms. The Morgan fingerprint density at radius 3 is 1.62 bits per heavy atom. The third-order valence-electron chi connectivity index (χ3n) is 16.0. The maximum Gasteiger partial charge on any atom is 0.364 e. The molecular formula is C59H108N2O21. The van der Waals surface area contributed by atoms with Gasteiger partial charge in [0, 0.05) is 19.8 Å². The first-order valence-corrected chi connectivity index (χ1v) is 31.1. The fraction of sp³-hybridized carbons (Fsp3) is 0.915. The molecule has 0 radical (unpaired) electrons. The topological polar surface area (TPSA) is 373 Å². The molecule has 23 heteroatoms. The van der Waals surface area contributed by atoms with Gasteiger partial charge >= 0.3 is 5.97 Å². The number of carboxylic acid groups (broad SMARTS) is 1. The molecule has 0 aliphatic carbocycles. The average molecular weight is 1180 g/mol. The SMILES string of the molecule is CCCCCCCCCCCCC/C=C/[C@@H](O)[C@H](CO[C@@H]1OC(CO)[C@@H](O[C@@H]2OC(CO)[C@@H](O)[C@H](O[C@]3(C(=O)O)C[C@@H](O)[C@@H](NC(C)=O)C([C@@H](O)[C@H](O)CO)O3)C2O)C(O)C1O)NC(=O)CCCCCCCCCCCCCCCCC. The second-order valence-electron chi connectivity index (χ2n) is 22.9. The number of amides is 2. The van der Waals surface area contributed by atoms with Crippen LogP contribution in [-0.4, -0.2) is 215 Å². The van der Waals surface area contributed by atoms with Gasteiger partial charge in [0.05, 0.1) is 50.7 Å². The zero-order valence-corrected chi connectivity index (χ0v) is 49.3. The summed E-state index contributed by atoms with van der Waals surface area (Å²) in [6.07, 6.45) is 5.61. The molecule has 14 N–H and O–H groups in total. The fourth-order valence-electron chi connectivity index (χ4n) is 10.9. The number of carbonyl (C=O) groups is 3. The number of nitrogens with one attached hydrogen (secondary N) is 2. The lowest BCUT2D eigenvalue weighted by atomic mass is 9.88. The maximum atomic E-state index is 13.4. The highest BCUT2D eigenvalue weighted by Crippen LogP contribution is 2.38. The van der Waals surface area contributed by atoms with E-state index < -0.39 is 155 Å². The first-order valence-electron chi connectivity index (χ1n) is 31.1. The Morgan fingerprint density at radius 2 is 1.13 bits per heavy atom. The summed E-state index contributed by atoms with van der Waals surface area (Å²) in [5.41, 5.74) is 0. The van der Waals surface area contributed by atoms with Gasteiger partial charge in [-0.25, -0.2) is 4.79 Å². The normalized spacial score (nSPS) is 30.2. The zero-order valence-electron chi connectivity index (χ0n) is 49.3.